The molecule has 8 nitrogen and oxygen atoms in total. The van der Waals surface area contributed by atoms with E-state index in [1.807, 2.05) is 27.0 Å². The average molecular weight is 528 g/mol. The van der Waals surface area contributed by atoms with E-state index >= 15 is 0 Å². The Morgan fingerprint density at radius 2 is 1.93 bits per heavy atom. The zero-order valence-electron chi connectivity index (χ0n) is 18.4. The third kappa shape index (κ3) is 6.83. The number of halogens is 1. The first-order valence-electron chi connectivity index (χ1n) is 10.2. The summed E-state index contributed by atoms with van der Waals surface area (Å²) >= 11 is 0. The van der Waals surface area contributed by atoms with Gasteiger partial charge in [-0.3, -0.25) is 0 Å². The summed E-state index contributed by atoms with van der Waals surface area (Å²) in [4.78, 5) is 15.9. The molecule has 166 valence electrons. The van der Waals surface area contributed by atoms with Crippen molar-refractivity contribution in [3.63, 3.8) is 0 Å². The third-order valence-corrected chi connectivity index (χ3v) is 4.80. The smallest absolute Gasteiger partial charge is 0.214 e. The molecule has 0 radical (unpaired) electrons. The van der Waals surface area contributed by atoms with Gasteiger partial charge in [-0.2, -0.15) is 0 Å². The lowest BCUT2D eigenvalue weighted by Crippen LogP contribution is -2.45. The van der Waals surface area contributed by atoms with Gasteiger partial charge in [0.2, 0.25) is 5.89 Å². The van der Waals surface area contributed by atoms with E-state index in [1.165, 1.54) is 0 Å². The van der Waals surface area contributed by atoms with E-state index in [0.29, 0.717) is 19.0 Å². The van der Waals surface area contributed by atoms with Crippen molar-refractivity contribution in [2.75, 3.05) is 24.5 Å². The first-order valence-corrected chi connectivity index (χ1v) is 10.2. The van der Waals surface area contributed by atoms with Crippen LogP contribution < -0.4 is 15.5 Å². The SMILES string of the molecule is CCNC(=NCc1ccc(N2CC(C)OC(C)C2)nc1)NCc1nc(C)c(C)o1.I. The van der Waals surface area contributed by atoms with E-state index in [9.17, 15) is 0 Å². The van der Waals surface area contributed by atoms with Crippen molar-refractivity contribution < 1.29 is 9.15 Å². The molecule has 1 saturated heterocycles. The zero-order chi connectivity index (χ0) is 20.8. The van der Waals surface area contributed by atoms with Gasteiger partial charge in [0.25, 0.3) is 0 Å². The second-order valence-electron chi connectivity index (χ2n) is 7.48. The largest absolute Gasteiger partial charge is 0.444 e. The number of aryl methyl sites for hydroxylation is 2. The first kappa shape index (κ1) is 24.4. The molecule has 1 fully saturated rings. The van der Waals surface area contributed by atoms with E-state index < -0.39 is 0 Å². The number of aromatic nitrogens is 2. The van der Waals surface area contributed by atoms with Crippen LogP contribution in [0.5, 0.6) is 0 Å². The normalized spacial score (nSPS) is 19.4. The number of aliphatic imine (C=N–C) groups is 1. The molecule has 0 bridgehead atoms. The molecular formula is C21H33IN6O2. The molecule has 3 rings (SSSR count). The lowest BCUT2D eigenvalue weighted by molar-refractivity contribution is -0.00545. The summed E-state index contributed by atoms with van der Waals surface area (Å²) in [5.41, 5.74) is 1.97. The zero-order valence-corrected chi connectivity index (χ0v) is 20.8. The van der Waals surface area contributed by atoms with Crippen molar-refractivity contribution in [1.29, 1.82) is 0 Å². The number of hydrogen-bond donors (Lipinski definition) is 2. The van der Waals surface area contributed by atoms with E-state index in [1.54, 1.807) is 0 Å². The highest BCUT2D eigenvalue weighted by atomic mass is 127. The number of morpholine rings is 1. The van der Waals surface area contributed by atoms with Gasteiger partial charge >= 0.3 is 0 Å². The van der Waals surface area contributed by atoms with Crippen molar-refractivity contribution in [3.05, 3.63) is 41.2 Å². The highest BCUT2D eigenvalue weighted by molar-refractivity contribution is 14.0. The van der Waals surface area contributed by atoms with Crippen molar-refractivity contribution in [1.82, 2.24) is 20.6 Å². The number of nitrogens with zero attached hydrogens (tertiary/aromatic N) is 4. The van der Waals surface area contributed by atoms with Crippen molar-refractivity contribution in [3.8, 4) is 0 Å². The van der Waals surface area contributed by atoms with Crippen LogP contribution >= 0.6 is 24.0 Å². The number of guanidine groups is 1. The monoisotopic (exact) mass is 528 g/mol. The molecule has 1 aliphatic heterocycles. The molecule has 2 aromatic rings. The van der Waals surface area contributed by atoms with Crippen LogP contribution in [0.15, 0.2) is 27.7 Å². The maximum Gasteiger partial charge on any atom is 0.214 e. The van der Waals surface area contributed by atoms with Gasteiger partial charge in [0.1, 0.15) is 11.6 Å². The minimum Gasteiger partial charge on any atom is -0.444 e. The van der Waals surface area contributed by atoms with Crippen LogP contribution in [0.25, 0.3) is 0 Å². The Morgan fingerprint density at radius 3 is 2.50 bits per heavy atom. The Kier molecular flexibility index (Phi) is 9.35. The van der Waals surface area contributed by atoms with Crippen molar-refractivity contribution >= 4 is 35.8 Å². The average Bonchev–Trinajstić information content (AvgIpc) is 3.01. The Hall–Kier alpha value is -1.88. The summed E-state index contributed by atoms with van der Waals surface area (Å²) in [6.45, 7) is 13.6. The Balaban J connectivity index is 0.00000320. The van der Waals surface area contributed by atoms with E-state index in [2.05, 4.69) is 56.5 Å². The van der Waals surface area contributed by atoms with Gasteiger partial charge in [0.05, 0.1) is 31.0 Å². The number of rotatable bonds is 6. The fraction of sp³-hybridized carbons (Fsp3) is 0.571. The van der Waals surface area contributed by atoms with Gasteiger partial charge in [-0.15, -0.1) is 24.0 Å². The summed E-state index contributed by atoms with van der Waals surface area (Å²) in [6, 6.07) is 4.15. The van der Waals surface area contributed by atoms with Crippen LogP contribution in [0.3, 0.4) is 0 Å². The highest BCUT2D eigenvalue weighted by Gasteiger charge is 2.22. The molecule has 0 spiro atoms. The van der Waals surface area contributed by atoms with Crippen LogP contribution in [-0.2, 0) is 17.8 Å². The van der Waals surface area contributed by atoms with E-state index in [0.717, 1.165) is 48.4 Å². The second kappa shape index (κ2) is 11.5. The van der Waals surface area contributed by atoms with Crippen LogP contribution in [-0.4, -0.2) is 47.8 Å². The molecule has 0 saturated carbocycles. The van der Waals surface area contributed by atoms with Gasteiger partial charge in [0, 0.05) is 25.8 Å². The molecule has 2 N–H and O–H groups in total. The molecule has 0 amide bonds. The summed E-state index contributed by atoms with van der Waals surface area (Å²) in [6.07, 6.45) is 2.33. The maximum atomic E-state index is 5.80. The number of oxazole rings is 1. The van der Waals surface area contributed by atoms with Crippen LogP contribution in [0.1, 0.15) is 43.7 Å². The predicted octanol–water partition coefficient (Wildman–Crippen LogP) is 3.17. The standard InChI is InChI=1S/C21H32N6O2.HI/c1-6-22-21(25-11-20-26-16(4)17(5)29-20)24-10-18-7-8-19(23-9-18)27-12-14(2)28-15(3)13-27;/h7-9,14-15H,6,10-13H2,1-5H3,(H2,22,24,25);1H. The summed E-state index contributed by atoms with van der Waals surface area (Å²) in [7, 11) is 0. The van der Waals surface area contributed by atoms with Crippen LogP contribution in [0.2, 0.25) is 0 Å². The molecule has 2 aromatic heterocycles. The fourth-order valence-corrected chi connectivity index (χ4v) is 3.35. The fourth-order valence-electron chi connectivity index (χ4n) is 3.35. The van der Waals surface area contributed by atoms with Gasteiger partial charge < -0.3 is 24.7 Å². The van der Waals surface area contributed by atoms with Gasteiger partial charge in [-0.25, -0.2) is 15.0 Å². The molecule has 1 aliphatic rings. The number of hydrogen-bond acceptors (Lipinski definition) is 6. The van der Waals surface area contributed by atoms with E-state index in [-0.39, 0.29) is 36.2 Å². The highest BCUT2D eigenvalue weighted by Crippen LogP contribution is 2.18. The van der Waals surface area contributed by atoms with Gasteiger partial charge in [0.15, 0.2) is 5.96 Å². The number of nitrogens with one attached hydrogen (secondary N) is 2. The molecular weight excluding hydrogens is 495 g/mol. The third-order valence-electron chi connectivity index (χ3n) is 4.80. The topological polar surface area (TPSA) is 87.8 Å². The molecule has 0 aliphatic carbocycles. The Bertz CT molecular complexity index is 794. The number of ether oxygens (including phenoxy) is 1. The minimum atomic E-state index is 0. The Morgan fingerprint density at radius 1 is 1.20 bits per heavy atom. The number of pyridine rings is 1. The molecule has 2 unspecified atom stereocenters. The Labute approximate surface area is 195 Å². The van der Waals surface area contributed by atoms with Crippen LogP contribution in [0, 0.1) is 13.8 Å². The van der Waals surface area contributed by atoms with Gasteiger partial charge in [-0.05, 0) is 46.2 Å². The second-order valence-corrected chi connectivity index (χ2v) is 7.48. The number of anilines is 1. The molecule has 0 aromatic carbocycles. The van der Waals surface area contributed by atoms with Crippen molar-refractivity contribution in [2.24, 2.45) is 4.99 Å². The van der Waals surface area contributed by atoms with Crippen LogP contribution in [0.4, 0.5) is 5.82 Å². The molecule has 9 heteroatoms. The quantitative estimate of drug-likeness (QED) is 0.339. The molecule has 3 heterocycles. The van der Waals surface area contributed by atoms with Gasteiger partial charge in [-0.1, -0.05) is 6.07 Å². The predicted molar refractivity (Wildman–Crippen MR) is 130 cm³/mol. The molecule has 30 heavy (non-hydrogen) atoms. The lowest BCUT2D eigenvalue weighted by Gasteiger charge is -2.36. The first-order chi connectivity index (χ1) is 13.9. The summed E-state index contributed by atoms with van der Waals surface area (Å²) in [5.74, 6) is 3.21. The van der Waals surface area contributed by atoms with Crippen molar-refractivity contribution in [2.45, 2.75) is 59.9 Å². The molecule has 2 atom stereocenters. The van der Waals surface area contributed by atoms with E-state index in [4.69, 9.17) is 9.15 Å². The lowest BCUT2D eigenvalue weighted by atomic mass is 10.2. The summed E-state index contributed by atoms with van der Waals surface area (Å²) < 4.78 is 11.4. The summed E-state index contributed by atoms with van der Waals surface area (Å²) in [5, 5.41) is 6.50. The minimum absolute atomic E-state index is 0. The maximum absolute atomic E-state index is 5.80.